The van der Waals surface area contributed by atoms with Gasteiger partial charge in [0.25, 0.3) is 0 Å². The van der Waals surface area contributed by atoms with E-state index >= 15 is 17.6 Å². The molecule has 0 radical (unpaired) electrons. The largest absolute Gasteiger partial charge is 0.508 e. The number of piperidine rings is 5. The number of anilines is 2. The molecule has 13 nitrogen and oxygen atoms in total. The van der Waals surface area contributed by atoms with Gasteiger partial charge in [0.2, 0.25) is 11.8 Å². The maximum absolute atomic E-state index is 17.2. The number of phenolic OH excluding ortho intramolecular Hbond substituents is 1. The minimum absolute atomic E-state index is 0.00746. The molecule has 2 atom stereocenters. The number of hydrogen-bond donors (Lipinski definition) is 3. The summed E-state index contributed by atoms with van der Waals surface area (Å²) in [5, 5.41) is 25.5. The average Bonchev–Trinajstić information content (AvgIpc) is 4.16. The molecule has 6 fully saturated rings. The highest BCUT2D eigenvalue weighted by Crippen LogP contribution is 2.48. The van der Waals surface area contributed by atoms with Crippen LogP contribution < -0.4 is 19.9 Å². The van der Waals surface area contributed by atoms with Crippen molar-refractivity contribution < 1.29 is 42.1 Å². The van der Waals surface area contributed by atoms with Crippen LogP contribution in [0.15, 0.2) is 42.6 Å². The van der Waals surface area contributed by atoms with E-state index in [0.29, 0.717) is 84.0 Å². The fourth-order valence-corrected chi connectivity index (χ4v) is 13.4. The zero-order valence-electron chi connectivity index (χ0n) is 43.5. The Bertz CT molecular complexity index is 2980. The molecule has 0 bridgehead atoms. The zero-order chi connectivity index (χ0) is 52.4. The molecule has 1 saturated carbocycles. The van der Waals surface area contributed by atoms with E-state index in [0.717, 1.165) is 104 Å². The lowest BCUT2D eigenvalue weighted by Crippen LogP contribution is -2.48. The van der Waals surface area contributed by atoms with Crippen LogP contribution in [0.3, 0.4) is 0 Å². The van der Waals surface area contributed by atoms with Crippen LogP contribution >= 0.6 is 0 Å². The molecule has 0 spiro atoms. The molecule has 3 N–H and O–H groups in total. The number of pyridine rings is 1. The summed E-state index contributed by atoms with van der Waals surface area (Å²) in [6.45, 7) is 14.9. The van der Waals surface area contributed by atoms with Crippen LogP contribution in [0, 0.1) is 45.9 Å². The number of hydrogen-bond acceptors (Lipinski definition) is 12. The zero-order valence-corrected chi connectivity index (χ0v) is 43.5. The first kappa shape index (κ1) is 51.5. The van der Waals surface area contributed by atoms with Crippen molar-refractivity contribution in [3.63, 3.8) is 0 Å². The maximum atomic E-state index is 17.2. The molecular weight excluding hydrogens is 965 g/mol. The maximum Gasteiger partial charge on any atom is 0.319 e. The lowest BCUT2D eigenvalue weighted by Gasteiger charge is -2.46. The third-order valence-corrected chi connectivity index (χ3v) is 17.9. The molecule has 11 rings (SSSR count). The van der Waals surface area contributed by atoms with E-state index in [9.17, 15) is 19.8 Å². The van der Waals surface area contributed by atoms with Crippen LogP contribution in [0.4, 0.5) is 29.1 Å². The molecule has 6 aliphatic rings. The Morgan fingerprint density at radius 1 is 0.787 bits per heavy atom. The van der Waals surface area contributed by atoms with Gasteiger partial charge in [-0.05, 0) is 174 Å². The molecule has 2 aromatic heterocycles. The van der Waals surface area contributed by atoms with Crippen LogP contribution in [-0.2, 0) is 16.0 Å². The number of likely N-dealkylation sites (tertiary alicyclic amines) is 2. The smallest absolute Gasteiger partial charge is 0.319 e. The monoisotopic (exact) mass is 1030 g/mol. The summed E-state index contributed by atoms with van der Waals surface area (Å²) >= 11 is 0. The van der Waals surface area contributed by atoms with Crippen LogP contribution in [0.5, 0.6) is 11.8 Å². The number of phenols is 1. The van der Waals surface area contributed by atoms with E-state index in [2.05, 4.69) is 31.9 Å². The molecule has 5 aromatic rings. The lowest BCUT2D eigenvalue weighted by atomic mass is 9.76. The molecule has 3 aromatic carbocycles. The van der Waals surface area contributed by atoms with Gasteiger partial charge in [-0.25, -0.2) is 17.6 Å². The van der Waals surface area contributed by atoms with Crippen LogP contribution in [0.2, 0.25) is 0 Å². The number of fused-ring (bicyclic) bond motifs is 2. The topological polar surface area (TPSA) is 147 Å². The van der Waals surface area contributed by atoms with Gasteiger partial charge in [0.1, 0.15) is 40.2 Å². The number of halogens is 4. The van der Waals surface area contributed by atoms with Crippen molar-refractivity contribution in [3.8, 4) is 23.0 Å². The van der Waals surface area contributed by atoms with Gasteiger partial charge >= 0.3 is 6.01 Å². The molecule has 2 amide bonds. The standard InChI is InChI=1S/C58H70F4N8O5/c1-4-40-44(59)8-6-37-26-39(71)29-42(48(37)40)51-50(62)52-43(30-63-51)53(70-19-5-14-57(3,74)32-70)66-55(65-52)75-34-58(15-16-58)33-68-24-17-56(2,18-25-68)31-67-20-10-35(11-21-67)36-12-22-69(23-13-36)38-27-45(60)49(46(61)28-38)41-7-9-47(72)64-54(41)73/h6,8,26-30,35-36,41,71,74H,4-5,7,9-25,31-34H2,1-3H3,(H,64,72,73)/t41?,57-/m1/s1. The summed E-state index contributed by atoms with van der Waals surface area (Å²) < 4.78 is 69.5. The van der Waals surface area contributed by atoms with Crippen molar-refractivity contribution in [2.45, 2.75) is 116 Å². The van der Waals surface area contributed by atoms with E-state index in [1.54, 1.807) is 13.0 Å². The SMILES string of the molecule is CCc1c(F)ccc2cc(O)cc(-c3ncc4c(N5CCC[C@@](C)(O)C5)nc(OCC5(CN6CCC(C)(CN7CCC(C8CCN(c9cc(F)c(C%10CCC(=O)NC%10=O)c(F)c9)CC8)CC7)CC6)CC5)nc4c3F)c12. The number of aromatic nitrogens is 3. The van der Waals surface area contributed by atoms with Gasteiger partial charge in [-0.1, -0.05) is 19.9 Å². The number of aromatic hydroxyl groups is 1. The molecular formula is C58H70F4N8O5. The van der Waals surface area contributed by atoms with Gasteiger partial charge in [-0.2, -0.15) is 9.97 Å². The van der Waals surface area contributed by atoms with Gasteiger partial charge < -0.3 is 34.5 Å². The fourth-order valence-electron chi connectivity index (χ4n) is 13.4. The Hall–Kier alpha value is -5.65. The van der Waals surface area contributed by atoms with Crippen molar-refractivity contribution >= 4 is 45.0 Å². The Morgan fingerprint density at radius 3 is 2.15 bits per heavy atom. The van der Waals surface area contributed by atoms with Gasteiger partial charge in [0.05, 0.1) is 23.5 Å². The van der Waals surface area contributed by atoms with E-state index in [4.69, 9.17) is 14.7 Å². The Labute approximate surface area is 436 Å². The van der Waals surface area contributed by atoms with Crippen LogP contribution in [0.1, 0.15) is 115 Å². The first-order valence-corrected chi connectivity index (χ1v) is 27.4. The average molecular weight is 1040 g/mol. The molecule has 5 aliphatic heterocycles. The molecule has 400 valence electrons. The van der Waals surface area contributed by atoms with E-state index in [1.807, 2.05) is 11.8 Å². The normalized spacial score (nSPS) is 24.0. The van der Waals surface area contributed by atoms with E-state index in [-0.39, 0.29) is 57.8 Å². The summed E-state index contributed by atoms with van der Waals surface area (Å²) in [4.78, 5) is 47.4. The highest BCUT2D eigenvalue weighted by atomic mass is 19.1. The Kier molecular flexibility index (Phi) is 14.0. The van der Waals surface area contributed by atoms with Crippen molar-refractivity contribution in [2.75, 3.05) is 81.9 Å². The second-order valence-corrected chi connectivity index (χ2v) is 23.6. The van der Waals surface area contributed by atoms with Crippen molar-refractivity contribution in [3.05, 3.63) is 77.0 Å². The predicted octanol–water partition coefficient (Wildman–Crippen LogP) is 9.43. The van der Waals surface area contributed by atoms with E-state index < -0.39 is 46.6 Å². The molecule has 75 heavy (non-hydrogen) atoms. The lowest BCUT2D eigenvalue weighted by molar-refractivity contribution is -0.134. The second-order valence-electron chi connectivity index (χ2n) is 23.6. The first-order chi connectivity index (χ1) is 36.0. The number of imide groups is 1. The van der Waals surface area contributed by atoms with Crippen LogP contribution in [0.25, 0.3) is 32.9 Å². The molecule has 1 aliphatic carbocycles. The number of aliphatic hydroxyl groups is 1. The molecule has 7 heterocycles. The summed E-state index contributed by atoms with van der Waals surface area (Å²) in [7, 11) is 0. The van der Waals surface area contributed by atoms with E-state index in [1.165, 1.54) is 36.5 Å². The number of amides is 2. The minimum Gasteiger partial charge on any atom is -0.508 e. The van der Waals surface area contributed by atoms with Gasteiger partial charge in [0.15, 0.2) is 5.82 Å². The van der Waals surface area contributed by atoms with Gasteiger partial charge in [-0.3, -0.25) is 19.9 Å². The third kappa shape index (κ3) is 10.6. The molecule has 17 heteroatoms. The van der Waals surface area contributed by atoms with Crippen molar-refractivity contribution in [1.29, 1.82) is 0 Å². The molecule has 1 unspecified atom stereocenters. The summed E-state index contributed by atoms with van der Waals surface area (Å²) in [5.74, 6) is -3.13. The first-order valence-electron chi connectivity index (χ1n) is 27.4. The molecule has 5 saturated heterocycles. The third-order valence-electron chi connectivity index (χ3n) is 17.9. The highest BCUT2D eigenvalue weighted by molar-refractivity contribution is 6.02. The summed E-state index contributed by atoms with van der Waals surface area (Å²) in [6, 6.07) is 8.64. The second kappa shape index (κ2) is 20.4. The highest BCUT2D eigenvalue weighted by Gasteiger charge is 2.47. The minimum atomic E-state index is -1.00. The van der Waals surface area contributed by atoms with Crippen molar-refractivity contribution in [2.24, 2.45) is 22.7 Å². The number of rotatable bonds is 13. The number of β-amino-alcohol motifs (C(OH)–C–C–N with tert-alkyl or cyclic N) is 1. The Balaban J connectivity index is 0.696. The number of nitrogens with one attached hydrogen (secondary N) is 1. The quantitative estimate of drug-likeness (QED) is 0.0763. The number of benzene rings is 3. The summed E-state index contributed by atoms with van der Waals surface area (Å²) in [6.07, 6.45) is 11.9. The number of carbonyl (C=O) groups excluding carboxylic acids is 2. The number of aryl methyl sites for hydroxylation is 1. The Morgan fingerprint density at radius 2 is 1.48 bits per heavy atom. The van der Waals surface area contributed by atoms with Gasteiger partial charge in [-0.15, -0.1) is 0 Å². The summed E-state index contributed by atoms with van der Waals surface area (Å²) in [5.41, 5.74) is 0.0350. The number of carbonyl (C=O) groups is 2. The van der Waals surface area contributed by atoms with Gasteiger partial charge in [0, 0.05) is 74.1 Å². The predicted molar refractivity (Wildman–Crippen MR) is 280 cm³/mol. The fraction of sp³-hybridized carbons (Fsp3) is 0.569. The number of nitrogens with zero attached hydrogens (tertiary/aromatic N) is 7. The number of ether oxygens (including phenoxy) is 1. The van der Waals surface area contributed by atoms with Crippen LogP contribution in [-0.4, -0.2) is 124 Å². The van der Waals surface area contributed by atoms with Crippen molar-refractivity contribution in [1.82, 2.24) is 30.1 Å².